The van der Waals surface area contributed by atoms with Gasteiger partial charge in [-0.15, -0.1) is 0 Å². The summed E-state index contributed by atoms with van der Waals surface area (Å²) >= 11 is 6.33. The van der Waals surface area contributed by atoms with Gasteiger partial charge in [0, 0.05) is 42.3 Å². The van der Waals surface area contributed by atoms with Gasteiger partial charge in [0.05, 0.1) is 27.9 Å². The van der Waals surface area contributed by atoms with E-state index in [1.807, 2.05) is 19.4 Å². The summed E-state index contributed by atoms with van der Waals surface area (Å²) in [6.45, 7) is 4.10. The van der Waals surface area contributed by atoms with E-state index >= 15 is 0 Å². The molecule has 10 heteroatoms. The monoisotopic (exact) mass is 468 g/mol. The molecule has 4 rings (SSSR count). The fraction of sp³-hybridized carbons (Fsp3) is 0.136. The number of hydrogen-bond acceptors (Lipinski definition) is 6. The first-order valence-corrected chi connectivity index (χ1v) is 12.1. The van der Waals surface area contributed by atoms with Gasteiger partial charge in [-0.2, -0.15) is 5.26 Å². The molecule has 1 N–H and O–H groups in total. The highest BCUT2D eigenvalue weighted by atomic mass is 35.5. The van der Waals surface area contributed by atoms with Gasteiger partial charge in [0.2, 0.25) is 0 Å². The minimum Gasteiger partial charge on any atom is -0.378 e. The van der Waals surface area contributed by atoms with Crippen LogP contribution in [0.3, 0.4) is 0 Å². The molecule has 4 aromatic rings. The van der Waals surface area contributed by atoms with Gasteiger partial charge in [-0.1, -0.05) is 11.6 Å². The van der Waals surface area contributed by atoms with E-state index in [0.717, 1.165) is 0 Å². The zero-order valence-corrected chi connectivity index (χ0v) is 18.7. The number of anilines is 1. The molecule has 0 aliphatic rings. The van der Waals surface area contributed by atoms with Crippen LogP contribution in [0.4, 0.5) is 14.5 Å². The van der Waals surface area contributed by atoms with E-state index in [-0.39, 0.29) is 28.3 Å². The van der Waals surface area contributed by atoms with E-state index in [2.05, 4.69) is 25.3 Å². The molecule has 160 valence electrons. The second-order valence-electron chi connectivity index (χ2n) is 7.11. The largest absolute Gasteiger partial charge is 0.378 e. The van der Waals surface area contributed by atoms with Crippen LogP contribution in [0.2, 0.25) is 5.02 Å². The number of nitriles is 1. The zero-order chi connectivity index (χ0) is 22.8. The van der Waals surface area contributed by atoms with Crippen LogP contribution in [0.1, 0.15) is 11.1 Å². The normalized spacial score (nSPS) is 11.0. The predicted molar refractivity (Wildman–Crippen MR) is 122 cm³/mol. The van der Waals surface area contributed by atoms with E-state index in [4.69, 9.17) is 16.9 Å². The van der Waals surface area contributed by atoms with Crippen LogP contribution in [0.5, 0.6) is 0 Å². The molecular weight excluding hydrogens is 453 g/mol. The maximum Gasteiger partial charge on any atom is 0.151 e. The molecule has 0 radical (unpaired) electrons. The molecule has 0 amide bonds. The lowest BCUT2D eigenvalue weighted by Crippen LogP contribution is -2.10. The molecule has 0 bridgehead atoms. The molecule has 0 unspecified atom stereocenters. The van der Waals surface area contributed by atoms with Crippen LogP contribution >= 0.6 is 19.5 Å². The topological polar surface area (TPSA) is 87.4 Å². The molecule has 0 saturated heterocycles. The van der Waals surface area contributed by atoms with E-state index in [9.17, 15) is 8.78 Å². The van der Waals surface area contributed by atoms with Crippen LogP contribution in [-0.2, 0) is 6.54 Å². The van der Waals surface area contributed by atoms with Gasteiger partial charge in [-0.3, -0.25) is 4.98 Å². The molecule has 1 aromatic carbocycles. The second-order valence-corrected chi connectivity index (χ2v) is 9.70. The third kappa shape index (κ3) is 4.36. The lowest BCUT2D eigenvalue weighted by molar-refractivity contribution is 0.613. The molecule has 0 saturated carbocycles. The molecule has 6 nitrogen and oxygen atoms in total. The lowest BCUT2D eigenvalue weighted by atomic mass is 10.1. The van der Waals surface area contributed by atoms with Crippen molar-refractivity contribution in [1.82, 2.24) is 19.9 Å². The van der Waals surface area contributed by atoms with E-state index in [1.165, 1.54) is 42.9 Å². The Kier molecular flexibility index (Phi) is 6.22. The Labute approximate surface area is 189 Å². The van der Waals surface area contributed by atoms with Gasteiger partial charge >= 0.3 is 0 Å². The van der Waals surface area contributed by atoms with Gasteiger partial charge in [0.15, 0.2) is 5.82 Å². The molecule has 0 fully saturated rings. The molecule has 32 heavy (non-hydrogen) atoms. The lowest BCUT2D eigenvalue weighted by Gasteiger charge is -2.13. The van der Waals surface area contributed by atoms with E-state index in [0.29, 0.717) is 27.9 Å². The van der Waals surface area contributed by atoms with Crippen molar-refractivity contribution >= 4 is 41.8 Å². The van der Waals surface area contributed by atoms with Gasteiger partial charge in [0.25, 0.3) is 0 Å². The van der Waals surface area contributed by atoms with Crippen molar-refractivity contribution in [2.45, 2.75) is 6.54 Å². The Morgan fingerprint density at radius 3 is 2.50 bits per heavy atom. The van der Waals surface area contributed by atoms with E-state index in [1.54, 1.807) is 0 Å². The summed E-state index contributed by atoms with van der Waals surface area (Å²) in [4.78, 5) is 17.2. The van der Waals surface area contributed by atoms with Crippen LogP contribution in [0.15, 0.2) is 42.9 Å². The van der Waals surface area contributed by atoms with Crippen LogP contribution in [0.25, 0.3) is 22.3 Å². The number of nitrogens with zero attached hydrogens (tertiary/aromatic N) is 5. The van der Waals surface area contributed by atoms with Crippen molar-refractivity contribution in [1.29, 1.82) is 5.26 Å². The first-order chi connectivity index (χ1) is 15.4. The quantitative estimate of drug-likeness (QED) is 0.420. The Bertz CT molecular complexity index is 1360. The van der Waals surface area contributed by atoms with Crippen LogP contribution in [0, 0.1) is 23.0 Å². The van der Waals surface area contributed by atoms with Gasteiger partial charge in [-0.05, 0) is 39.5 Å². The molecule has 0 aliphatic carbocycles. The molecular formula is C22H16ClF2N6P. The highest BCUT2D eigenvalue weighted by Crippen LogP contribution is 2.32. The average molecular weight is 469 g/mol. The number of halogens is 3. The molecule has 0 spiro atoms. The standard InChI is InChI=1S/C22H16ClF2N6P/c1-32(2)22-29-9-14(10-30-22)19-17(25)6-18-21(31-19)20(15(23)11-27-18)28-8-13-5-12(7-26)3-4-16(13)24/h3-6,9-11H,8H2,1-2H3,(H,27,28). The van der Waals surface area contributed by atoms with Crippen molar-refractivity contribution in [3.05, 3.63) is 70.6 Å². The summed E-state index contributed by atoms with van der Waals surface area (Å²) in [5.41, 5.74) is 2.79. The average Bonchev–Trinajstić information content (AvgIpc) is 2.79. The Morgan fingerprint density at radius 2 is 1.81 bits per heavy atom. The number of pyridine rings is 2. The highest BCUT2D eigenvalue weighted by molar-refractivity contribution is 7.63. The Hall–Kier alpha value is -3.27. The molecule has 3 heterocycles. The van der Waals surface area contributed by atoms with Crippen molar-refractivity contribution < 1.29 is 8.78 Å². The van der Waals surface area contributed by atoms with Crippen molar-refractivity contribution in [3.63, 3.8) is 0 Å². The van der Waals surface area contributed by atoms with Crippen LogP contribution < -0.4 is 10.9 Å². The Morgan fingerprint density at radius 1 is 1.06 bits per heavy atom. The molecule has 0 atom stereocenters. The SMILES string of the molecule is CP(C)c1ncc(-c2nc3c(NCc4cc(C#N)ccc4F)c(Cl)cnc3cc2F)cn1. The number of rotatable bonds is 5. The predicted octanol–water partition coefficient (Wildman–Crippen LogP) is 4.87. The van der Waals surface area contributed by atoms with Crippen molar-refractivity contribution in [2.24, 2.45) is 0 Å². The van der Waals surface area contributed by atoms with Gasteiger partial charge < -0.3 is 5.32 Å². The summed E-state index contributed by atoms with van der Waals surface area (Å²) < 4.78 is 29.0. The summed E-state index contributed by atoms with van der Waals surface area (Å²) in [5.74, 6) is -1.03. The first kappa shape index (κ1) is 21.9. The summed E-state index contributed by atoms with van der Waals surface area (Å²) in [5, 5.41) is 12.4. The number of nitrogens with one attached hydrogen (secondary N) is 1. The van der Waals surface area contributed by atoms with Gasteiger partial charge in [-0.25, -0.2) is 23.7 Å². The fourth-order valence-corrected chi connectivity index (χ4v) is 3.86. The Balaban J connectivity index is 1.75. The van der Waals surface area contributed by atoms with Crippen LogP contribution in [-0.4, -0.2) is 33.3 Å². The van der Waals surface area contributed by atoms with E-state index < -0.39 is 19.6 Å². The maximum atomic E-state index is 14.8. The second kappa shape index (κ2) is 9.07. The zero-order valence-electron chi connectivity index (χ0n) is 17.1. The fourth-order valence-electron chi connectivity index (χ4n) is 3.07. The first-order valence-electron chi connectivity index (χ1n) is 9.44. The number of benzene rings is 1. The number of fused-ring (bicyclic) bond motifs is 1. The number of aromatic nitrogens is 4. The summed E-state index contributed by atoms with van der Waals surface area (Å²) in [6, 6.07) is 7.33. The van der Waals surface area contributed by atoms with Gasteiger partial charge in [0.1, 0.15) is 22.6 Å². The third-order valence-corrected chi connectivity index (χ3v) is 6.01. The van der Waals surface area contributed by atoms with Crippen molar-refractivity contribution in [2.75, 3.05) is 18.6 Å². The molecule has 3 aromatic heterocycles. The minimum atomic E-state index is -0.572. The molecule has 0 aliphatic heterocycles. The van der Waals surface area contributed by atoms with Crippen molar-refractivity contribution in [3.8, 4) is 17.3 Å². The third-order valence-electron chi connectivity index (χ3n) is 4.69. The summed E-state index contributed by atoms with van der Waals surface area (Å²) in [6.07, 6.45) is 4.45. The smallest absolute Gasteiger partial charge is 0.151 e. The minimum absolute atomic E-state index is 0.0446. The maximum absolute atomic E-state index is 14.8. The number of hydrogen-bond donors (Lipinski definition) is 1. The highest BCUT2D eigenvalue weighted by Gasteiger charge is 2.16. The summed E-state index contributed by atoms with van der Waals surface area (Å²) in [7, 11) is -0.480.